The van der Waals surface area contributed by atoms with Gasteiger partial charge < -0.3 is 15.4 Å². The summed E-state index contributed by atoms with van der Waals surface area (Å²) in [5, 5.41) is 8.10. The van der Waals surface area contributed by atoms with E-state index in [1.165, 1.54) is 30.6 Å². The number of amides is 3. The lowest BCUT2D eigenvalue weighted by molar-refractivity contribution is -0.133. The third kappa shape index (κ3) is 5.61. The van der Waals surface area contributed by atoms with E-state index in [0.29, 0.717) is 36.2 Å². The molecule has 0 spiro atoms. The third-order valence-corrected chi connectivity index (χ3v) is 8.18. The van der Waals surface area contributed by atoms with Gasteiger partial charge in [-0.3, -0.25) is 14.7 Å². The van der Waals surface area contributed by atoms with E-state index >= 15 is 0 Å². The molecule has 1 aromatic carbocycles. The number of rotatable bonds is 8. The Balaban J connectivity index is 1.23. The molecule has 5 rings (SSSR count). The monoisotopic (exact) mass is 542 g/mol. The molecule has 1 saturated carbocycles. The molecule has 3 amide bonds. The number of hydrogen-bond acceptors (Lipinski definition) is 8. The Morgan fingerprint density at radius 2 is 1.79 bits per heavy atom. The number of imidazole rings is 1. The highest BCUT2D eigenvalue weighted by Gasteiger charge is 2.32. The van der Waals surface area contributed by atoms with E-state index in [4.69, 9.17) is 4.74 Å². The lowest BCUT2D eigenvalue weighted by Crippen LogP contribution is -2.34. The van der Waals surface area contributed by atoms with Gasteiger partial charge in [0.15, 0.2) is 17.0 Å². The number of fused-ring (bicyclic) bond motifs is 1. The molecule has 2 aliphatic rings. The Bertz CT molecular complexity index is 1420. The summed E-state index contributed by atoms with van der Waals surface area (Å²) < 4.78 is 35.6. The number of sulfonamides is 1. The number of anilines is 2. The summed E-state index contributed by atoms with van der Waals surface area (Å²) in [6.45, 7) is 2.38. The van der Waals surface area contributed by atoms with Crippen molar-refractivity contribution in [3.8, 4) is 0 Å². The predicted octanol–water partition coefficient (Wildman–Crippen LogP) is 2.50. The van der Waals surface area contributed by atoms with Gasteiger partial charge in [0, 0.05) is 18.3 Å². The van der Waals surface area contributed by atoms with Crippen LogP contribution in [0.1, 0.15) is 51.7 Å². The summed E-state index contributed by atoms with van der Waals surface area (Å²) in [6, 6.07) is 5.34. The fraction of sp³-hybridized carbons (Fsp3) is 0.458. The second kappa shape index (κ2) is 11.0. The van der Waals surface area contributed by atoms with Crippen molar-refractivity contribution in [3.05, 3.63) is 36.9 Å². The molecule has 14 heteroatoms. The van der Waals surface area contributed by atoms with E-state index in [1.54, 1.807) is 10.9 Å². The quantitative estimate of drug-likeness (QED) is 0.336. The van der Waals surface area contributed by atoms with Gasteiger partial charge >= 0.3 is 6.03 Å². The molecule has 4 N–H and O–H groups in total. The maximum absolute atomic E-state index is 12.7. The van der Waals surface area contributed by atoms with Crippen molar-refractivity contribution >= 4 is 44.6 Å². The van der Waals surface area contributed by atoms with Gasteiger partial charge in [-0.15, -0.1) is 0 Å². The van der Waals surface area contributed by atoms with E-state index in [1.807, 2.05) is 6.92 Å². The van der Waals surface area contributed by atoms with Gasteiger partial charge in [0.1, 0.15) is 18.7 Å². The molecule has 0 bridgehead atoms. The van der Waals surface area contributed by atoms with E-state index in [9.17, 15) is 18.0 Å². The van der Waals surface area contributed by atoms with Gasteiger partial charge in [-0.2, -0.15) is 0 Å². The highest BCUT2D eigenvalue weighted by atomic mass is 32.2. The van der Waals surface area contributed by atoms with E-state index < -0.39 is 28.4 Å². The maximum atomic E-state index is 12.7. The van der Waals surface area contributed by atoms with Crippen LogP contribution in [0.15, 0.2) is 41.8 Å². The number of benzene rings is 1. The largest absolute Gasteiger partial charge is 0.354 e. The van der Waals surface area contributed by atoms with E-state index in [-0.39, 0.29) is 22.7 Å². The van der Waals surface area contributed by atoms with Crippen molar-refractivity contribution in [1.82, 2.24) is 29.6 Å². The summed E-state index contributed by atoms with van der Waals surface area (Å²) in [5.41, 5.74) is 1.24. The Kier molecular flexibility index (Phi) is 7.53. The summed E-state index contributed by atoms with van der Waals surface area (Å²) in [7, 11) is -3.62. The van der Waals surface area contributed by atoms with E-state index in [0.717, 1.165) is 25.7 Å². The lowest BCUT2D eigenvalue weighted by atomic mass is 10.2. The number of likely N-dealkylation sites (N-methyl/N-ethyl adjacent to an activating group) is 1. The number of ether oxygens (including phenoxy) is 1. The van der Waals surface area contributed by atoms with Crippen molar-refractivity contribution < 1.29 is 22.7 Å². The van der Waals surface area contributed by atoms with Crippen LogP contribution in [-0.4, -0.2) is 58.6 Å². The van der Waals surface area contributed by atoms with Crippen LogP contribution in [0.5, 0.6) is 0 Å². The predicted molar refractivity (Wildman–Crippen MR) is 139 cm³/mol. The molecule has 13 nitrogen and oxygen atoms in total. The van der Waals surface area contributed by atoms with Gasteiger partial charge in [0.25, 0.3) is 0 Å². The van der Waals surface area contributed by atoms with Crippen LogP contribution in [-0.2, 0) is 19.6 Å². The van der Waals surface area contributed by atoms with Crippen molar-refractivity contribution in [2.75, 3.05) is 17.2 Å². The van der Waals surface area contributed by atoms with Crippen LogP contribution in [0.4, 0.5) is 16.3 Å². The number of carbonyl (C=O) groups excluding carboxylic acids is 2. The fourth-order valence-corrected chi connectivity index (χ4v) is 6.08. The zero-order chi connectivity index (χ0) is 26.7. The van der Waals surface area contributed by atoms with Crippen LogP contribution in [0, 0.1) is 0 Å². The first kappa shape index (κ1) is 26.0. The first-order valence-corrected chi connectivity index (χ1v) is 14.1. The van der Waals surface area contributed by atoms with Crippen LogP contribution >= 0.6 is 0 Å². The van der Waals surface area contributed by atoms with Gasteiger partial charge in [-0.05, 0) is 56.9 Å². The van der Waals surface area contributed by atoms with Crippen LogP contribution < -0.4 is 20.7 Å². The number of carbonyl (C=O) groups is 2. The molecule has 0 unspecified atom stereocenters. The Morgan fingerprint density at radius 3 is 2.53 bits per heavy atom. The van der Waals surface area contributed by atoms with Gasteiger partial charge in [0.05, 0.1) is 11.2 Å². The summed E-state index contributed by atoms with van der Waals surface area (Å²) in [4.78, 5) is 37.7. The maximum Gasteiger partial charge on any atom is 0.324 e. The first-order chi connectivity index (χ1) is 18.3. The second-order valence-electron chi connectivity index (χ2n) is 9.30. The molecule has 0 radical (unpaired) electrons. The minimum atomic E-state index is -3.62. The lowest BCUT2D eigenvalue weighted by Gasteiger charge is -2.15. The molecule has 1 aliphatic carbocycles. The van der Waals surface area contributed by atoms with Gasteiger partial charge in [-0.1, -0.05) is 12.8 Å². The van der Waals surface area contributed by atoms with Gasteiger partial charge in [0.2, 0.25) is 15.9 Å². The second-order valence-corrected chi connectivity index (χ2v) is 11.0. The molecule has 2 aromatic heterocycles. The molecule has 38 heavy (non-hydrogen) atoms. The van der Waals surface area contributed by atoms with Crippen LogP contribution in [0.3, 0.4) is 0 Å². The number of hydrogen-bond donors (Lipinski definition) is 4. The highest BCUT2D eigenvalue weighted by molar-refractivity contribution is 7.89. The molecular formula is C24H30N8O5S. The van der Waals surface area contributed by atoms with Crippen LogP contribution in [0.2, 0.25) is 0 Å². The van der Waals surface area contributed by atoms with Crippen LogP contribution in [0.25, 0.3) is 11.2 Å². The standard InChI is InChI=1S/C24H30N8O5S/c1-2-25-23(33)18-11-12-19(37-18)32-14-28-20-21(26-13-27-22(20)32)30-24(34)29-15-7-9-17(10-8-15)38(35,36)31-16-5-3-4-6-16/h7-10,13-14,16,18-19,31H,2-6,11-12H2,1H3,(H,25,33)(H2,26,27,29,30,34)/t18-,19+/m0/s1. The molecule has 3 aromatic rings. The van der Waals surface area contributed by atoms with Crippen molar-refractivity contribution in [2.24, 2.45) is 0 Å². The van der Waals surface area contributed by atoms with Gasteiger partial charge in [-0.25, -0.2) is 32.9 Å². The van der Waals surface area contributed by atoms with Crippen molar-refractivity contribution in [1.29, 1.82) is 0 Å². The fourth-order valence-electron chi connectivity index (χ4n) is 4.78. The molecule has 1 aliphatic heterocycles. The zero-order valence-electron chi connectivity index (χ0n) is 20.9. The summed E-state index contributed by atoms with van der Waals surface area (Å²) >= 11 is 0. The highest BCUT2D eigenvalue weighted by Crippen LogP contribution is 2.31. The van der Waals surface area contributed by atoms with E-state index in [2.05, 4.69) is 35.6 Å². The van der Waals surface area contributed by atoms with Crippen molar-refractivity contribution in [2.45, 2.75) is 68.7 Å². The number of urea groups is 1. The summed E-state index contributed by atoms with van der Waals surface area (Å²) in [6.07, 6.45) is 6.83. The number of aromatic nitrogens is 4. The average Bonchev–Trinajstić information content (AvgIpc) is 3.65. The normalized spacial score (nSPS) is 20.0. The Hall–Kier alpha value is -3.62. The molecule has 202 valence electrons. The molecule has 3 heterocycles. The number of nitrogens with zero attached hydrogens (tertiary/aromatic N) is 4. The number of nitrogens with one attached hydrogen (secondary N) is 4. The molecule has 2 atom stereocenters. The average molecular weight is 543 g/mol. The SMILES string of the molecule is CCNC(=O)[C@@H]1CC[C@H](n2cnc3c(NC(=O)Nc4ccc(S(=O)(=O)NC5CCCC5)cc4)ncnc32)O1. The molecular weight excluding hydrogens is 512 g/mol. The Morgan fingerprint density at radius 1 is 1.03 bits per heavy atom. The smallest absolute Gasteiger partial charge is 0.324 e. The minimum absolute atomic E-state index is 0.0287. The summed E-state index contributed by atoms with van der Waals surface area (Å²) in [5.74, 6) is 0.0493. The molecule has 1 saturated heterocycles. The third-order valence-electron chi connectivity index (χ3n) is 6.64. The molecule has 2 fully saturated rings. The minimum Gasteiger partial charge on any atom is -0.354 e. The first-order valence-electron chi connectivity index (χ1n) is 12.6. The Labute approximate surface area is 219 Å². The topological polar surface area (TPSA) is 169 Å². The zero-order valence-corrected chi connectivity index (χ0v) is 21.7. The van der Waals surface area contributed by atoms with Crippen molar-refractivity contribution in [3.63, 3.8) is 0 Å².